The van der Waals surface area contributed by atoms with E-state index in [0.29, 0.717) is 11.3 Å². The minimum Gasteiger partial charge on any atom is -0.480 e. The van der Waals surface area contributed by atoms with E-state index in [4.69, 9.17) is 0 Å². The zero-order chi connectivity index (χ0) is 14.1. The van der Waals surface area contributed by atoms with Gasteiger partial charge in [0.1, 0.15) is 6.04 Å². The first-order valence-corrected chi connectivity index (χ1v) is 8.41. The molecule has 1 saturated heterocycles. The van der Waals surface area contributed by atoms with Crippen LogP contribution in [0.5, 0.6) is 0 Å². The van der Waals surface area contributed by atoms with Gasteiger partial charge in [0, 0.05) is 17.8 Å². The SMILES string of the molecule is CC1SCCCC1N1CCc2ccccc2C1C(=O)O. The van der Waals surface area contributed by atoms with Gasteiger partial charge in [-0.2, -0.15) is 11.8 Å². The van der Waals surface area contributed by atoms with E-state index in [1.54, 1.807) is 0 Å². The van der Waals surface area contributed by atoms with Crippen molar-refractivity contribution in [3.05, 3.63) is 35.4 Å². The summed E-state index contributed by atoms with van der Waals surface area (Å²) in [5.41, 5.74) is 2.20. The average Bonchev–Trinajstić information content (AvgIpc) is 2.46. The second kappa shape index (κ2) is 5.78. The molecule has 4 heteroatoms. The zero-order valence-corrected chi connectivity index (χ0v) is 12.6. The number of hydrogen-bond acceptors (Lipinski definition) is 3. The Balaban J connectivity index is 1.94. The normalized spacial score (nSPS) is 30.8. The van der Waals surface area contributed by atoms with E-state index in [1.807, 2.05) is 30.0 Å². The standard InChI is InChI=1S/C16H21NO2S/c1-11-14(7-4-10-20-11)17-9-8-12-5-2-3-6-13(12)15(17)16(18)19/h2-3,5-6,11,14-15H,4,7-10H2,1H3,(H,18,19). The van der Waals surface area contributed by atoms with Crippen molar-refractivity contribution < 1.29 is 9.90 Å². The molecular formula is C16H21NO2S. The molecule has 3 nitrogen and oxygen atoms in total. The van der Waals surface area contributed by atoms with E-state index >= 15 is 0 Å². The Morgan fingerprint density at radius 2 is 2.20 bits per heavy atom. The topological polar surface area (TPSA) is 40.5 Å². The van der Waals surface area contributed by atoms with Gasteiger partial charge in [0.2, 0.25) is 0 Å². The maximum Gasteiger partial charge on any atom is 0.325 e. The predicted molar refractivity (Wildman–Crippen MR) is 82.2 cm³/mol. The second-order valence-electron chi connectivity index (χ2n) is 5.71. The summed E-state index contributed by atoms with van der Waals surface area (Å²) in [5, 5.41) is 10.2. The van der Waals surface area contributed by atoms with Gasteiger partial charge in [-0.25, -0.2) is 0 Å². The van der Waals surface area contributed by atoms with Crippen LogP contribution in [0.15, 0.2) is 24.3 Å². The molecule has 20 heavy (non-hydrogen) atoms. The number of carboxylic acid groups (broad SMARTS) is 1. The fourth-order valence-corrected chi connectivity index (χ4v) is 4.78. The van der Waals surface area contributed by atoms with Crippen LogP contribution >= 0.6 is 11.8 Å². The molecule has 3 rings (SSSR count). The minimum atomic E-state index is -0.708. The Labute approximate surface area is 124 Å². The van der Waals surface area contributed by atoms with Crippen LogP contribution in [0.4, 0.5) is 0 Å². The molecule has 3 atom stereocenters. The van der Waals surface area contributed by atoms with E-state index in [0.717, 1.165) is 24.9 Å². The molecule has 1 aromatic rings. The van der Waals surface area contributed by atoms with E-state index in [1.165, 1.54) is 17.7 Å². The van der Waals surface area contributed by atoms with Gasteiger partial charge in [-0.3, -0.25) is 9.69 Å². The highest BCUT2D eigenvalue weighted by molar-refractivity contribution is 7.99. The molecule has 1 fully saturated rings. The van der Waals surface area contributed by atoms with Gasteiger partial charge >= 0.3 is 5.97 Å². The molecule has 2 aliphatic heterocycles. The smallest absolute Gasteiger partial charge is 0.325 e. The molecule has 0 saturated carbocycles. The molecule has 0 aromatic heterocycles. The van der Waals surface area contributed by atoms with Crippen LogP contribution in [0.1, 0.15) is 36.9 Å². The first-order chi connectivity index (χ1) is 9.68. The highest BCUT2D eigenvalue weighted by Crippen LogP contribution is 2.37. The van der Waals surface area contributed by atoms with Crippen molar-refractivity contribution in [2.45, 2.75) is 43.5 Å². The number of rotatable bonds is 2. The van der Waals surface area contributed by atoms with Gasteiger partial charge in [-0.15, -0.1) is 0 Å². The van der Waals surface area contributed by atoms with Crippen molar-refractivity contribution in [3.63, 3.8) is 0 Å². The Morgan fingerprint density at radius 3 is 2.95 bits per heavy atom. The van der Waals surface area contributed by atoms with Crippen LogP contribution in [-0.2, 0) is 11.2 Å². The third kappa shape index (κ3) is 2.47. The fraction of sp³-hybridized carbons (Fsp3) is 0.562. The van der Waals surface area contributed by atoms with Gasteiger partial charge in [-0.1, -0.05) is 31.2 Å². The van der Waals surface area contributed by atoms with Crippen LogP contribution in [0.2, 0.25) is 0 Å². The first kappa shape index (κ1) is 14.0. The van der Waals surface area contributed by atoms with Gasteiger partial charge in [-0.05, 0) is 36.1 Å². The third-order valence-corrected chi connectivity index (χ3v) is 5.91. The molecule has 1 aromatic carbocycles. The van der Waals surface area contributed by atoms with Crippen LogP contribution < -0.4 is 0 Å². The number of nitrogens with zero attached hydrogens (tertiary/aromatic N) is 1. The molecule has 0 bridgehead atoms. The summed E-state index contributed by atoms with van der Waals surface area (Å²) < 4.78 is 0. The van der Waals surface area contributed by atoms with Crippen LogP contribution in [-0.4, -0.2) is 39.6 Å². The maximum absolute atomic E-state index is 11.8. The Bertz CT molecular complexity index is 505. The summed E-state index contributed by atoms with van der Waals surface area (Å²) >= 11 is 1.98. The largest absolute Gasteiger partial charge is 0.480 e. The number of carboxylic acids is 1. The molecule has 2 aliphatic rings. The lowest BCUT2D eigenvalue weighted by molar-refractivity contribution is -0.145. The number of aliphatic carboxylic acids is 1. The Hall–Kier alpha value is -1.00. The van der Waals surface area contributed by atoms with Crippen molar-refractivity contribution in [2.24, 2.45) is 0 Å². The zero-order valence-electron chi connectivity index (χ0n) is 11.8. The van der Waals surface area contributed by atoms with E-state index in [2.05, 4.69) is 17.9 Å². The minimum absolute atomic E-state index is 0.392. The van der Waals surface area contributed by atoms with Crippen molar-refractivity contribution in [2.75, 3.05) is 12.3 Å². The molecule has 1 N–H and O–H groups in total. The highest BCUT2D eigenvalue weighted by atomic mass is 32.2. The van der Waals surface area contributed by atoms with Crippen LogP contribution in [0, 0.1) is 0 Å². The first-order valence-electron chi connectivity index (χ1n) is 7.36. The predicted octanol–water partition coefficient (Wildman–Crippen LogP) is 2.95. The number of fused-ring (bicyclic) bond motifs is 1. The summed E-state index contributed by atoms with van der Waals surface area (Å²) in [7, 11) is 0. The molecule has 0 radical (unpaired) electrons. The summed E-state index contributed by atoms with van der Waals surface area (Å²) in [5.74, 6) is 0.500. The average molecular weight is 291 g/mol. The Kier molecular flexibility index (Phi) is 4.03. The van der Waals surface area contributed by atoms with Crippen molar-refractivity contribution >= 4 is 17.7 Å². The summed E-state index contributed by atoms with van der Waals surface area (Å²) in [6.07, 6.45) is 3.29. The maximum atomic E-state index is 11.8. The van der Waals surface area contributed by atoms with Crippen molar-refractivity contribution in [3.8, 4) is 0 Å². The molecule has 3 unspecified atom stereocenters. The summed E-state index contributed by atoms with van der Waals surface area (Å²) in [6, 6.07) is 7.95. The van der Waals surface area contributed by atoms with Crippen molar-refractivity contribution in [1.29, 1.82) is 0 Å². The highest BCUT2D eigenvalue weighted by Gasteiger charge is 2.39. The quantitative estimate of drug-likeness (QED) is 0.909. The summed E-state index contributed by atoms with van der Waals surface area (Å²) in [4.78, 5) is 14.1. The number of benzene rings is 1. The molecular weight excluding hydrogens is 270 g/mol. The molecule has 0 spiro atoms. The molecule has 2 heterocycles. The lowest BCUT2D eigenvalue weighted by Gasteiger charge is -2.44. The van der Waals surface area contributed by atoms with Gasteiger partial charge in [0.05, 0.1) is 0 Å². The summed E-state index contributed by atoms with van der Waals surface area (Å²) in [6.45, 7) is 3.11. The second-order valence-corrected chi connectivity index (χ2v) is 7.20. The lowest BCUT2D eigenvalue weighted by atomic mass is 9.90. The third-order valence-electron chi connectivity index (χ3n) is 4.55. The molecule has 108 valence electrons. The van der Waals surface area contributed by atoms with E-state index < -0.39 is 12.0 Å². The van der Waals surface area contributed by atoms with E-state index in [9.17, 15) is 9.90 Å². The van der Waals surface area contributed by atoms with Gasteiger partial charge in [0.25, 0.3) is 0 Å². The van der Waals surface area contributed by atoms with Crippen LogP contribution in [0.3, 0.4) is 0 Å². The van der Waals surface area contributed by atoms with Gasteiger partial charge < -0.3 is 5.11 Å². The fourth-order valence-electron chi connectivity index (χ4n) is 3.56. The Morgan fingerprint density at radius 1 is 1.40 bits per heavy atom. The van der Waals surface area contributed by atoms with E-state index in [-0.39, 0.29) is 0 Å². The van der Waals surface area contributed by atoms with Crippen molar-refractivity contribution in [1.82, 2.24) is 4.90 Å². The lowest BCUT2D eigenvalue weighted by Crippen LogP contribution is -2.50. The van der Waals surface area contributed by atoms with Crippen LogP contribution in [0.25, 0.3) is 0 Å². The number of carbonyl (C=O) groups is 1. The number of thioether (sulfide) groups is 1. The monoisotopic (exact) mass is 291 g/mol. The molecule has 0 aliphatic carbocycles. The molecule has 0 amide bonds. The van der Waals surface area contributed by atoms with Gasteiger partial charge in [0.15, 0.2) is 0 Å². The number of hydrogen-bond donors (Lipinski definition) is 1.